The van der Waals surface area contributed by atoms with Gasteiger partial charge in [0, 0.05) is 59.7 Å². The number of piperazine rings is 1. The molecule has 4 aromatic carbocycles. The molecular weight excluding hydrogens is 901 g/mol. The smallest absolute Gasteiger partial charge is 0.408 e. The van der Waals surface area contributed by atoms with Crippen molar-refractivity contribution in [3.05, 3.63) is 141 Å². The van der Waals surface area contributed by atoms with Crippen molar-refractivity contribution in [1.29, 1.82) is 5.26 Å². The number of methoxy groups -OCH3 is 2. The van der Waals surface area contributed by atoms with Crippen molar-refractivity contribution in [2.24, 2.45) is 0 Å². The summed E-state index contributed by atoms with van der Waals surface area (Å²) in [6.45, 7) is 2.82. The summed E-state index contributed by atoms with van der Waals surface area (Å²) in [5.41, 5.74) is 6.28. The Bertz CT molecular complexity index is 2770. The van der Waals surface area contributed by atoms with Crippen molar-refractivity contribution in [3.63, 3.8) is 0 Å². The Morgan fingerprint density at radius 2 is 1.65 bits per heavy atom. The number of benzene rings is 4. The predicted molar refractivity (Wildman–Crippen MR) is 254 cm³/mol. The number of piperidine rings is 1. The van der Waals surface area contributed by atoms with Crippen molar-refractivity contribution in [2.75, 3.05) is 53.0 Å². The van der Waals surface area contributed by atoms with Crippen LogP contribution in [-0.2, 0) is 46.3 Å². The van der Waals surface area contributed by atoms with Gasteiger partial charge in [0.15, 0.2) is 41.2 Å². The summed E-state index contributed by atoms with van der Waals surface area (Å²) >= 11 is 1.50. The average Bonchev–Trinajstić information content (AvgIpc) is 3.97. The van der Waals surface area contributed by atoms with Gasteiger partial charge < -0.3 is 43.6 Å². The number of amides is 1. The molecule has 4 aromatic rings. The van der Waals surface area contributed by atoms with Crippen LogP contribution >= 0.6 is 11.8 Å². The zero-order chi connectivity index (χ0) is 48.1. The number of hydrogen-bond acceptors (Lipinski definition) is 15. The van der Waals surface area contributed by atoms with Crippen LogP contribution in [0.5, 0.6) is 11.5 Å². The fraction of sp³-hybridized carbons (Fsp3) is 0.396. The number of nitriles is 1. The molecule has 2 N–H and O–H groups in total. The maximum atomic E-state index is 14.7. The van der Waals surface area contributed by atoms with Crippen LogP contribution in [0.4, 0.5) is 4.79 Å². The number of alkyl carbamates (subject to hydrolysis) is 1. The van der Waals surface area contributed by atoms with Crippen LogP contribution in [0, 0.1) is 18.3 Å². The number of aryl methyl sites for hydroxylation is 1. The van der Waals surface area contributed by atoms with Gasteiger partial charge in [-0.25, -0.2) is 9.59 Å². The van der Waals surface area contributed by atoms with Crippen molar-refractivity contribution in [3.8, 4) is 28.7 Å². The fourth-order valence-corrected chi connectivity index (χ4v) is 12.8. The minimum absolute atomic E-state index is 0.0182. The van der Waals surface area contributed by atoms with E-state index in [2.05, 4.69) is 40.6 Å². The molecule has 6 aliphatic rings. The predicted octanol–water partition coefficient (Wildman–Crippen LogP) is 6.46. The summed E-state index contributed by atoms with van der Waals surface area (Å²) in [6.07, 6.45) is -0.487. The summed E-state index contributed by atoms with van der Waals surface area (Å²) in [5, 5.41) is 27.0. The quantitative estimate of drug-likeness (QED) is 0.104. The third-order valence-corrected chi connectivity index (χ3v) is 15.7. The lowest BCUT2D eigenvalue weighted by molar-refractivity contribution is -0.159. The van der Waals surface area contributed by atoms with E-state index in [1.807, 2.05) is 79.5 Å². The lowest BCUT2D eigenvalue weighted by atomic mass is 9.65. The highest BCUT2D eigenvalue weighted by atomic mass is 32.2. The van der Waals surface area contributed by atoms with E-state index in [4.69, 9.17) is 33.2 Å². The second-order valence-corrected chi connectivity index (χ2v) is 19.4. The Morgan fingerprint density at radius 3 is 2.35 bits per heavy atom. The zero-order valence-electron chi connectivity index (χ0n) is 39.1. The van der Waals surface area contributed by atoms with Gasteiger partial charge in [0.2, 0.25) is 6.79 Å². The average molecular weight is 955 g/mol. The van der Waals surface area contributed by atoms with Gasteiger partial charge in [-0.15, -0.1) is 0 Å². The Hall–Kier alpha value is -6.35. The summed E-state index contributed by atoms with van der Waals surface area (Å²) in [5.74, 6) is 0.823. The molecule has 0 radical (unpaired) electrons. The topological polar surface area (TPSA) is 178 Å². The molecule has 15 nitrogen and oxygen atoms in total. The number of ether oxygens (including phenoxy) is 7. The number of ketones is 1. The second kappa shape index (κ2) is 18.9. The van der Waals surface area contributed by atoms with Crippen molar-refractivity contribution in [2.45, 2.75) is 81.1 Å². The molecule has 0 aromatic heterocycles. The van der Waals surface area contributed by atoms with Gasteiger partial charge in [-0.3, -0.25) is 14.6 Å². The SMILES string of the molecule is COCOc1c(OC)c(C)cc2c1[C@@H]1C3CC4(O)C(=O)C(C)=C5OCOC5=C4[C@H](COC(=O)[C@@H](CSCC4c5ccccc5-c5ccccc54)NC(=O)OCc4ccccc4)N3[C@@H](C#N)C(C2)N1C. The number of nitrogens with one attached hydrogen (secondary N) is 1. The first kappa shape index (κ1) is 46.4. The number of esters is 1. The Balaban J connectivity index is 0.996. The van der Waals surface area contributed by atoms with E-state index in [1.54, 1.807) is 14.0 Å². The maximum Gasteiger partial charge on any atom is 0.408 e. The van der Waals surface area contributed by atoms with E-state index in [9.17, 15) is 24.8 Å². The largest absolute Gasteiger partial charge is 0.493 e. The molecule has 16 heteroatoms. The highest BCUT2D eigenvalue weighted by Gasteiger charge is 2.64. The number of Topliss-reactive ketones (excluding diaryl/α,β-unsaturated/α-hetero) is 1. The number of nitrogens with zero attached hydrogens (tertiary/aromatic N) is 3. The van der Waals surface area contributed by atoms with Crippen LogP contribution in [0.2, 0.25) is 0 Å². The number of thioether (sulfide) groups is 1. The van der Waals surface area contributed by atoms with Crippen molar-refractivity contribution in [1.82, 2.24) is 15.1 Å². The molecule has 1 amide bonds. The minimum Gasteiger partial charge on any atom is -0.493 e. The maximum absolute atomic E-state index is 14.7. The van der Waals surface area contributed by atoms with Gasteiger partial charge in [-0.2, -0.15) is 17.0 Å². The Labute approximate surface area is 404 Å². The number of carbonyl (C=O) groups is 3. The normalized spacial score (nSPS) is 24.8. The number of hydrogen-bond donors (Lipinski definition) is 2. The molecule has 4 heterocycles. The van der Waals surface area contributed by atoms with E-state index in [0.717, 1.165) is 22.3 Å². The van der Waals surface area contributed by atoms with Gasteiger partial charge >= 0.3 is 12.1 Å². The van der Waals surface area contributed by atoms with Crippen LogP contribution in [0.25, 0.3) is 11.1 Å². The standard InChI is InChI=1S/C53H54N4O11S/c1-29-19-32-20-39-41(22-54)57-40(45(56(39)3)43(32)48(46(29)63-5)66-27-62-4)21-53(61)44(49-47(67-28-68-49)30(2)50(53)58)42(57)24-64-51(59)38(55-52(60)65-23-31-13-7-6-8-14-31)26-69-25-37-35-17-11-9-15-33(35)34-16-10-12-18-36(34)37/h6-19,37-42,45,61H,20-21,23-28H2,1-5H3,(H,55,60)/t38-,39?,40?,41+,42+,45+,53?/m1/s1. The first-order valence-corrected chi connectivity index (χ1v) is 24.2. The molecule has 358 valence electrons. The third-order valence-electron chi connectivity index (χ3n) is 14.6. The molecule has 2 aliphatic carbocycles. The van der Waals surface area contributed by atoms with E-state index in [0.29, 0.717) is 23.7 Å². The molecular formula is C53H54N4O11S. The van der Waals surface area contributed by atoms with Gasteiger partial charge in [0.05, 0.1) is 25.3 Å². The van der Waals surface area contributed by atoms with Crippen LogP contribution in [0.3, 0.4) is 0 Å². The molecule has 2 bridgehead atoms. The van der Waals surface area contributed by atoms with E-state index < -0.39 is 60.3 Å². The lowest BCUT2D eigenvalue weighted by Crippen LogP contribution is -2.74. The van der Waals surface area contributed by atoms with E-state index >= 15 is 0 Å². The van der Waals surface area contributed by atoms with Crippen molar-refractivity contribution >= 4 is 29.6 Å². The summed E-state index contributed by atoms with van der Waals surface area (Å²) in [7, 11) is 5.04. The molecule has 0 spiro atoms. The van der Waals surface area contributed by atoms with Gasteiger partial charge in [0.1, 0.15) is 25.3 Å². The fourth-order valence-electron chi connectivity index (χ4n) is 11.6. The third kappa shape index (κ3) is 7.90. The zero-order valence-corrected chi connectivity index (χ0v) is 39.9. The molecule has 69 heavy (non-hydrogen) atoms. The molecule has 10 rings (SSSR count). The van der Waals surface area contributed by atoms with Gasteiger partial charge in [-0.05, 0) is 66.3 Å². The second-order valence-electron chi connectivity index (χ2n) is 18.3. The van der Waals surface area contributed by atoms with Crippen LogP contribution < -0.4 is 14.8 Å². The molecule has 3 saturated heterocycles. The molecule has 4 aliphatic heterocycles. The monoisotopic (exact) mass is 954 g/mol. The molecule has 7 atom stereocenters. The van der Waals surface area contributed by atoms with Crippen LogP contribution in [0.1, 0.15) is 58.7 Å². The number of likely N-dealkylation sites (N-methyl/N-ethyl adjacent to an activating group) is 1. The number of carbonyl (C=O) groups excluding carboxylic acids is 3. The lowest BCUT2D eigenvalue weighted by Gasteiger charge is -2.62. The molecule has 3 fully saturated rings. The van der Waals surface area contributed by atoms with E-state index in [1.165, 1.54) is 41.1 Å². The molecule has 0 saturated carbocycles. The minimum atomic E-state index is -2.15. The van der Waals surface area contributed by atoms with Crippen molar-refractivity contribution < 1.29 is 52.6 Å². The molecule has 3 unspecified atom stereocenters. The number of aliphatic hydroxyl groups is 1. The van der Waals surface area contributed by atoms with Crippen LogP contribution in [-0.4, -0.2) is 122 Å². The number of rotatable bonds is 14. The van der Waals surface area contributed by atoms with Gasteiger partial charge in [0.25, 0.3) is 0 Å². The highest BCUT2D eigenvalue weighted by molar-refractivity contribution is 7.99. The number of fused-ring (bicyclic) bond motifs is 11. The summed E-state index contributed by atoms with van der Waals surface area (Å²) in [6, 6.07) is 25.7. The summed E-state index contributed by atoms with van der Waals surface area (Å²) < 4.78 is 41.5. The summed E-state index contributed by atoms with van der Waals surface area (Å²) in [4.78, 5) is 47.0. The van der Waals surface area contributed by atoms with E-state index in [-0.39, 0.29) is 67.0 Å². The Morgan fingerprint density at radius 1 is 0.957 bits per heavy atom. The van der Waals surface area contributed by atoms with Crippen LogP contribution in [0.15, 0.2) is 108 Å². The van der Waals surface area contributed by atoms with Gasteiger partial charge in [-0.1, -0.05) is 84.9 Å². The Kier molecular flexibility index (Phi) is 12.7. The first-order chi connectivity index (χ1) is 33.5. The first-order valence-electron chi connectivity index (χ1n) is 23.1. The highest BCUT2D eigenvalue weighted by Crippen LogP contribution is 2.57.